The minimum Gasteiger partial charge on any atom is -0.320 e. The minimum atomic E-state index is 0.744. The molecule has 0 aromatic rings. The van der Waals surface area contributed by atoms with Gasteiger partial charge in [0.15, 0.2) is 0 Å². The Bertz CT molecular complexity index is 161. The van der Waals surface area contributed by atoms with Gasteiger partial charge in [-0.3, -0.25) is 4.90 Å². The van der Waals surface area contributed by atoms with Gasteiger partial charge in [0, 0.05) is 25.7 Å². The lowest BCUT2D eigenvalue weighted by atomic mass is 10.1. The van der Waals surface area contributed by atoms with Crippen LogP contribution in [0.25, 0.3) is 0 Å². The zero-order chi connectivity index (χ0) is 11.1. The summed E-state index contributed by atoms with van der Waals surface area (Å²) in [6.45, 7) is 8.53. The van der Waals surface area contributed by atoms with Crippen molar-refractivity contribution in [3.8, 4) is 0 Å². The average molecular weight is 213 g/mol. The molecule has 1 atom stereocenters. The average Bonchev–Trinajstić information content (AvgIpc) is 2.20. The molecule has 1 aliphatic heterocycles. The van der Waals surface area contributed by atoms with Gasteiger partial charge in [-0.2, -0.15) is 0 Å². The Balaban J connectivity index is 2.05. The van der Waals surface area contributed by atoms with E-state index < -0.39 is 0 Å². The van der Waals surface area contributed by atoms with Gasteiger partial charge in [0.05, 0.1) is 0 Å². The van der Waals surface area contributed by atoms with Gasteiger partial charge in [0.25, 0.3) is 0 Å². The van der Waals surface area contributed by atoms with Crippen molar-refractivity contribution in [3.05, 3.63) is 0 Å². The number of nitrogens with one attached hydrogen (secondary N) is 1. The van der Waals surface area contributed by atoms with E-state index in [2.05, 4.69) is 29.1 Å². The highest BCUT2D eigenvalue weighted by atomic mass is 15.3. The third-order valence-electron chi connectivity index (χ3n) is 3.34. The first-order chi connectivity index (χ1) is 7.24. The van der Waals surface area contributed by atoms with E-state index in [1.165, 1.54) is 45.4 Å². The molecule has 15 heavy (non-hydrogen) atoms. The van der Waals surface area contributed by atoms with E-state index in [-0.39, 0.29) is 0 Å². The summed E-state index contributed by atoms with van der Waals surface area (Å²) in [5.41, 5.74) is 0. The normalized spacial score (nSPS) is 24.6. The second-order valence-electron chi connectivity index (χ2n) is 4.81. The van der Waals surface area contributed by atoms with Crippen molar-refractivity contribution in [1.29, 1.82) is 0 Å². The summed E-state index contributed by atoms with van der Waals surface area (Å²) in [5.74, 6) is 0. The third-order valence-corrected chi connectivity index (χ3v) is 3.34. The molecule has 0 bridgehead atoms. The number of likely N-dealkylation sites (N-methyl/N-ethyl adjacent to an activating group) is 1. The first kappa shape index (κ1) is 12.9. The van der Waals surface area contributed by atoms with Crippen LogP contribution in [0.5, 0.6) is 0 Å². The standard InChI is InChI=1S/C12H27N3/c1-12-11-14(3)9-10-15(12)8-6-4-5-7-13-2/h12-13H,4-11H2,1-3H3. The lowest BCUT2D eigenvalue weighted by molar-refractivity contribution is 0.0985. The van der Waals surface area contributed by atoms with Gasteiger partial charge in [0.1, 0.15) is 0 Å². The van der Waals surface area contributed by atoms with E-state index in [0.717, 1.165) is 12.6 Å². The van der Waals surface area contributed by atoms with Gasteiger partial charge in [-0.15, -0.1) is 0 Å². The first-order valence-electron chi connectivity index (χ1n) is 6.31. The van der Waals surface area contributed by atoms with Gasteiger partial charge in [-0.25, -0.2) is 0 Å². The lowest BCUT2D eigenvalue weighted by Crippen LogP contribution is -2.50. The zero-order valence-corrected chi connectivity index (χ0v) is 10.6. The number of hydrogen-bond donors (Lipinski definition) is 1. The fourth-order valence-electron chi connectivity index (χ4n) is 2.30. The van der Waals surface area contributed by atoms with E-state index in [9.17, 15) is 0 Å². The second-order valence-corrected chi connectivity index (χ2v) is 4.81. The van der Waals surface area contributed by atoms with Gasteiger partial charge >= 0.3 is 0 Å². The molecule has 1 heterocycles. The Labute approximate surface area is 94.8 Å². The maximum atomic E-state index is 3.20. The van der Waals surface area contributed by atoms with Crippen molar-refractivity contribution >= 4 is 0 Å². The van der Waals surface area contributed by atoms with E-state index in [1.54, 1.807) is 0 Å². The summed E-state index contributed by atoms with van der Waals surface area (Å²) in [7, 11) is 4.25. The van der Waals surface area contributed by atoms with Gasteiger partial charge < -0.3 is 10.2 Å². The molecule has 1 fully saturated rings. The molecule has 3 nitrogen and oxygen atoms in total. The monoisotopic (exact) mass is 213 g/mol. The zero-order valence-electron chi connectivity index (χ0n) is 10.6. The highest BCUT2D eigenvalue weighted by Gasteiger charge is 2.20. The Kier molecular flexibility index (Phi) is 6.22. The molecular formula is C12H27N3. The summed E-state index contributed by atoms with van der Waals surface area (Å²) in [5, 5.41) is 3.20. The molecule has 0 radical (unpaired) electrons. The molecular weight excluding hydrogens is 186 g/mol. The SMILES string of the molecule is CNCCCCCN1CCN(C)CC1C. The van der Waals surface area contributed by atoms with Gasteiger partial charge in [-0.05, 0) is 47.0 Å². The quantitative estimate of drug-likeness (QED) is 0.664. The maximum absolute atomic E-state index is 3.20. The number of unbranched alkanes of at least 4 members (excludes halogenated alkanes) is 2. The van der Waals surface area contributed by atoms with E-state index in [4.69, 9.17) is 0 Å². The summed E-state index contributed by atoms with van der Waals surface area (Å²) in [6.07, 6.45) is 4.04. The van der Waals surface area contributed by atoms with Crippen molar-refractivity contribution in [3.63, 3.8) is 0 Å². The van der Waals surface area contributed by atoms with Crippen LogP contribution in [0.3, 0.4) is 0 Å². The molecule has 1 rings (SSSR count). The Morgan fingerprint density at radius 2 is 2.00 bits per heavy atom. The fourth-order valence-corrected chi connectivity index (χ4v) is 2.30. The number of piperazine rings is 1. The van der Waals surface area contributed by atoms with Crippen LogP contribution in [-0.2, 0) is 0 Å². The maximum Gasteiger partial charge on any atom is 0.0195 e. The van der Waals surface area contributed by atoms with E-state index in [0.29, 0.717) is 0 Å². The van der Waals surface area contributed by atoms with Crippen LogP contribution in [0.2, 0.25) is 0 Å². The number of hydrogen-bond acceptors (Lipinski definition) is 3. The van der Waals surface area contributed by atoms with E-state index >= 15 is 0 Å². The van der Waals surface area contributed by atoms with Crippen LogP contribution >= 0.6 is 0 Å². The molecule has 0 aliphatic carbocycles. The molecule has 0 aromatic carbocycles. The van der Waals surface area contributed by atoms with Crippen LogP contribution in [0, 0.1) is 0 Å². The summed E-state index contributed by atoms with van der Waals surface area (Å²) in [4.78, 5) is 5.07. The van der Waals surface area contributed by atoms with Crippen LogP contribution in [0.15, 0.2) is 0 Å². The smallest absolute Gasteiger partial charge is 0.0195 e. The molecule has 1 saturated heterocycles. The van der Waals surface area contributed by atoms with Gasteiger partial charge in [-0.1, -0.05) is 6.42 Å². The predicted octanol–water partition coefficient (Wildman–Crippen LogP) is 1.01. The van der Waals surface area contributed by atoms with Crippen LogP contribution < -0.4 is 5.32 Å². The summed E-state index contributed by atoms with van der Waals surface area (Å²) in [6, 6.07) is 0.744. The van der Waals surface area contributed by atoms with E-state index in [1.807, 2.05) is 7.05 Å². The van der Waals surface area contributed by atoms with Crippen molar-refractivity contribution in [2.45, 2.75) is 32.2 Å². The molecule has 1 N–H and O–H groups in total. The molecule has 0 saturated carbocycles. The van der Waals surface area contributed by atoms with Gasteiger partial charge in [0.2, 0.25) is 0 Å². The first-order valence-corrected chi connectivity index (χ1v) is 6.31. The molecule has 0 amide bonds. The molecule has 90 valence electrons. The highest BCUT2D eigenvalue weighted by Crippen LogP contribution is 2.09. The molecule has 1 aliphatic rings. The lowest BCUT2D eigenvalue weighted by Gasteiger charge is -2.38. The number of rotatable bonds is 6. The van der Waals surface area contributed by atoms with Crippen molar-refractivity contribution in [2.24, 2.45) is 0 Å². The largest absolute Gasteiger partial charge is 0.320 e. The fraction of sp³-hybridized carbons (Fsp3) is 1.00. The predicted molar refractivity (Wildman–Crippen MR) is 66.3 cm³/mol. The Morgan fingerprint density at radius 3 is 2.67 bits per heavy atom. The third kappa shape index (κ3) is 4.96. The van der Waals surface area contributed by atoms with Crippen molar-refractivity contribution in [2.75, 3.05) is 46.8 Å². The molecule has 3 heteroatoms. The second kappa shape index (κ2) is 7.20. The van der Waals surface area contributed by atoms with Crippen LogP contribution in [-0.4, -0.2) is 62.7 Å². The minimum absolute atomic E-state index is 0.744. The summed E-state index contributed by atoms with van der Waals surface area (Å²) >= 11 is 0. The Hall–Kier alpha value is -0.120. The molecule has 0 aromatic heterocycles. The molecule has 1 unspecified atom stereocenters. The highest BCUT2D eigenvalue weighted by molar-refractivity contribution is 4.76. The van der Waals surface area contributed by atoms with Crippen LogP contribution in [0.1, 0.15) is 26.2 Å². The van der Waals surface area contributed by atoms with Crippen molar-refractivity contribution in [1.82, 2.24) is 15.1 Å². The van der Waals surface area contributed by atoms with Crippen molar-refractivity contribution < 1.29 is 0 Å². The van der Waals surface area contributed by atoms with Crippen LogP contribution in [0.4, 0.5) is 0 Å². The topological polar surface area (TPSA) is 18.5 Å². The number of nitrogens with zero attached hydrogens (tertiary/aromatic N) is 2. The molecule has 0 spiro atoms. The summed E-state index contributed by atoms with van der Waals surface area (Å²) < 4.78 is 0. The Morgan fingerprint density at radius 1 is 1.20 bits per heavy atom.